The lowest BCUT2D eigenvalue weighted by atomic mass is 10.1. The molecule has 7 heteroatoms. The van der Waals surface area contributed by atoms with Crippen molar-refractivity contribution in [2.45, 2.75) is 69.5 Å². The Morgan fingerprint density at radius 2 is 1.62 bits per heavy atom. The van der Waals surface area contributed by atoms with Crippen LogP contribution < -0.4 is 0 Å². The molecule has 0 amide bonds. The van der Waals surface area contributed by atoms with E-state index in [1.54, 1.807) is 12.1 Å². The van der Waals surface area contributed by atoms with Crippen molar-refractivity contribution >= 4 is 16.0 Å². The summed E-state index contributed by atoms with van der Waals surface area (Å²) in [5.74, 6) is -1.04. The summed E-state index contributed by atoms with van der Waals surface area (Å²) in [6.07, 6.45) is 4.57. The third kappa shape index (κ3) is 4.84. The number of hydrogen-bond donors (Lipinski definition) is 1. The highest BCUT2D eigenvalue weighted by Gasteiger charge is 2.29. The van der Waals surface area contributed by atoms with E-state index in [1.165, 1.54) is 16.4 Å². The third-order valence-corrected chi connectivity index (χ3v) is 6.65. The van der Waals surface area contributed by atoms with Crippen LogP contribution in [-0.4, -0.2) is 43.0 Å². The molecule has 1 unspecified atom stereocenters. The number of nitrogens with zero attached hydrogens (tertiary/aromatic N) is 1. The largest absolute Gasteiger partial charge is 0.479 e. The van der Waals surface area contributed by atoms with E-state index < -0.39 is 22.1 Å². The summed E-state index contributed by atoms with van der Waals surface area (Å²) >= 11 is 0. The van der Waals surface area contributed by atoms with Crippen LogP contribution in [0.1, 0.15) is 64.0 Å². The molecule has 1 N–H and O–H groups in total. The van der Waals surface area contributed by atoms with Gasteiger partial charge in [-0.2, -0.15) is 4.31 Å². The molecule has 0 bridgehead atoms. The summed E-state index contributed by atoms with van der Waals surface area (Å²) in [7, 11) is -3.48. The first-order valence-electron chi connectivity index (χ1n) is 9.47. The van der Waals surface area contributed by atoms with Gasteiger partial charge >= 0.3 is 5.97 Å². The summed E-state index contributed by atoms with van der Waals surface area (Å²) in [5.41, 5.74) is 0.481. The number of carbonyl (C=O) groups is 1. The van der Waals surface area contributed by atoms with Crippen LogP contribution >= 0.6 is 0 Å². The molecule has 0 spiro atoms. The second-order valence-corrected chi connectivity index (χ2v) is 8.38. The van der Waals surface area contributed by atoms with E-state index >= 15 is 0 Å². The van der Waals surface area contributed by atoms with E-state index in [9.17, 15) is 18.3 Å². The monoisotopic (exact) mass is 383 g/mol. The highest BCUT2D eigenvalue weighted by Crippen LogP contribution is 2.29. The lowest BCUT2D eigenvalue weighted by Gasteiger charge is -2.20. The zero-order chi connectivity index (χ0) is 19.2. The number of carboxylic acids is 1. The van der Waals surface area contributed by atoms with Gasteiger partial charge in [0.15, 0.2) is 6.10 Å². The fourth-order valence-corrected chi connectivity index (χ4v) is 4.91. The van der Waals surface area contributed by atoms with Crippen LogP contribution in [0.25, 0.3) is 0 Å². The molecule has 1 aromatic carbocycles. The van der Waals surface area contributed by atoms with Gasteiger partial charge in [0.05, 0.1) is 11.0 Å². The highest BCUT2D eigenvalue weighted by atomic mass is 32.2. The van der Waals surface area contributed by atoms with Crippen LogP contribution in [0, 0.1) is 0 Å². The minimum Gasteiger partial charge on any atom is -0.479 e. The summed E-state index contributed by atoms with van der Waals surface area (Å²) in [4.78, 5) is 11.7. The first-order chi connectivity index (χ1) is 12.5. The second kappa shape index (κ2) is 9.48. The molecule has 1 saturated carbocycles. The fourth-order valence-electron chi connectivity index (χ4n) is 3.39. The van der Waals surface area contributed by atoms with Crippen molar-refractivity contribution in [2.75, 3.05) is 13.1 Å². The number of sulfonamides is 1. The molecular weight excluding hydrogens is 354 g/mol. The van der Waals surface area contributed by atoms with Gasteiger partial charge in [0.2, 0.25) is 10.0 Å². The molecule has 146 valence electrons. The predicted octanol–water partition coefficient (Wildman–Crippen LogP) is 3.58. The van der Waals surface area contributed by atoms with E-state index in [0.717, 1.165) is 38.5 Å². The quantitative estimate of drug-likeness (QED) is 0.812. The van der Waals surface area contributed by atoms with Crippen LogP contribution in [0.2, 0.25) is 0 Å². The predicted molar refractivity (Wildman–Crippen MR) is 99.5 cm³/mol. The molecular formula is C19H29NO5S. The van der Waals surface area contributed by atoms with Gasteiger partial charge in [0.25, 0.3) is 0 Å². The van der Waals surface area contributed by atoms with Gasteiger partial charge in [-0.15, -0.1) is 0 Å². The van der Waals surface area contributed by atoms with Crippen LogP contribution in [0.4, 0.5) is 0 Å². The number of hydrogen-bond acceptors (Lipinski definition) is 4. The third-order valence-electron chi connectivity index (χ3n) is 4.74. The van der Waals surface area contributed by atoms with Crippen molar-refractivity contribution in [2.24, 2.45) is 0 Å². The Morgan fingerprint density at radius 3 is 2.12 bits per heavy atom. The number of carboxylic acid groups (broad SMARTS) is 1. The van der Waals surface area contributed by atoms with Gasteiger partial charge in [0, 0.05) is 13.1 Å². The average Bonchev–Trinajstić information content (AvgIpc) is 3.35. The normalized spacial score (nSPS) is 19.8. The molecule has 2 aliphatic rings. The SMILES string of the molecule is CC.O=C(O)C(OC1CCCC1)c1ccc(S(=O)(=O)N2CCCC2)cc1. The number of aliphatic carboxylic acids is 1. The molecule has 3 rings (SSSR count). The molecule has 1 aliphatic heterocycles. The van der Waals surface area contributed by atoms with Crippen molar-refractivity contribution < 1.29 is 23.1 Å². The highest BCUT2D eigenvalue weighted by molar-refractivity contribution is 7.89. The van der Waals surface area contributed by atoms with Crippen molar-refractivity contribution in [3.8, 4) is 0 Å². The lowest BCUT2D eigenvalue weighted by molar-refractivity contribution is -0.154. The van der Waals surface area contributed by atoms with E-state index in [4.69, 9.17) is 4.74 Å². The number of benzene rings is 1. The number of rotatable bonds is 6. The van der Waals surface area contributed by atoms with E-state index in [0.29, 0.717) is 18.7 Å². The van der Waals surface area contributed by atoms with Crippen molar-refractivity contribution in [3.05, 3.63) is 29.8 Å². The Balaban J connectivity index is 0.00000117. The van der Waals surface area contributed by atoms with Crippen molar-refractivity contribution in [3.63, 3.8) is 0 Å². The van der Waals surface area contributed by atoms with Gasteiger partial charge in [-0.1, -0.05) is 38.8 Å². The van der Waals surface area contributed by atoms with Crippen LogP contribution in [-0.2, 0) is 19.6 Å². The molecule has 0 aromatic heterocycles. The zero-order valence-corrected chi connectivity index (χ0v) is 16.4. The molecule has 1 aliphatic carbocycles. The van der Waals surface area contributed by atoms with E-state index in [-0.39, 0.29) is 11.0 Å². The molecule has 1 aromatic rings. The zero-order valence-electron chi connectivity index (χ0n) is 15.6. The number of ether oxygens (including phenoxy) is 1. The van der Waals surface area contributed by atoms with Crippen molar-refractivity contribution in [1.82, 2.24) is 4.31 Å². The minimum atomic E-state index is -3.48. The molecule has 1 heterocycles. The fraction of sp³-hybridized carbons (Fsp3) is 0.632. The Labute approximate surface area is 156 Å². The Bertz CT molecular complexity index is 674. The second-order valence-electron chi connectivity index (χ2n) is 6.44. The first-order valence-corrected chi connectivity index (χ1v) is 10.9. The Kier molecular flexibility index (Phi) is 7.61. The molecule has 26 heavy (non-hydrogen) atoms. The summed E-state index contributed by atoms with van der Waals surface area (Å²) < 4.78 is 32.2. The van der Waals surface area contributed by atoms with E-state index in [2.05, 4.69) is 0 Å². The van der Waals surface area contributed by atoms with E-state index in [1.807, 2.05) is 13.8 Å². The smallest absolute Gasteiger partial charge is 0.337 e. The van der Waals surface area contributed by atoms with Gasteiger partial charge in [-0.05, 0) is 43.4 Å². The molecule has 2 fully saturated rings. The van der Waals surface area contributed by atoms with Gasteiger partial charge in [-0.25, -0.2) is 13.2 Å². The summed E-state index contributed by atoms with van der Waals surface area (Å²) in [5, 5.41) is 9.44. The standard InChI is InChI=1S/C17H23NO5S.C2H6/c19-17(20)16(23-14-5-1-2-6-14)13-7-9-15(10-8-13)24(21,22)18-11-3-4-12-18;1-2/h7-10,14,16H,1-6,11-12H2,(H,19,20);1-2H3. The van der Waals surface area contributed by atoms with Crippen LogP contribution in [0.3, 0.4) is 0 Å². The first kappa shape index (κ1) is 20.9. The molecule has 6 nitrogen and oxygen atoms in total. The molecule has 1 atom stereocenters. The molecule has 0 radical (unpaired) electrons. The average molecular weight is 384 g/mol. The van der Waals surface area contributed by atoms with Gasteiger partial charge in [-0.3, -0.25) is 0 Å². The van der Waals surface area contributed by atoms with Gasteiger partial charge in [0.1, 0.15) is 0 Å². The Hall–Kier alpha value is -1.44. The maximum Gasteiger partial charge on any atom is 0.337 e. The van der Waals surface area contributed by atoms with Crippen molar-refractivity contribution in [1.29, 1.82) is 0 Å². The molecule has 1 saturated heterocycles. The lowest BCUT2D eigenvalue weighted by Crippen LogP contribution is -2.28. The van der Waals surface area contributed by atoms with Crippen LogP contribution in [0.5, 0.6) is 0 Å². The summed E-state index contributed by atoms with van der Waals surface area (Å²) in [6, 6.07) is 6.07. The summed E-state index contributed by atoms with van der Waals surface area (Å²) in [6.45, 7) is 5.10. The maximum atomic E-state index is 12.5. The maximum absolute atomic E-state index is 12.5. The minimum absolute atomic E-state index is 0.0286. The topological polar surface area (TPSA) is 83.9 Å². The Morgan fingerprint density at radius 1 is 1.08 bits per heavy atom. The van der Waals surface area contributed by atoms with Crippen LogP contribution in [0.15, 0.2) is 29.2 Å². The van der Waals surface area contributed by atoms with Gasteiger partial charge < -0.3 is 9.84 Å².